The van der Waals surface area contributed by atoms with Crippen LogP contribution in [0.25, 0.3) is 0 Å². The van der Waals surface area contributed by atoms with Crippen molar-refractivity contribution >= 4 is 28.4 Å². The van der Waals surface area contributed by atoms with Crippen LogP contribution < -0.4 is 5.73 Å². The first-order chi connectivity index (χ1) is 25.8. The zero-order chi connectivity index (χ0) is 38.1. The number of Topliss-reactive ketones (excluding diaryl/α,β-unsaturated/α-hetero) is 1. The lowest BCUT2D eigenvalue weighted by atomic mass is 9.78. The Morgan fingerprint density at radius 3 is 2.44 bits per heavy atom. The number of carbonyl (C=O) groups is 1. The third-order valence-corrected chi connectivity index (χ3v) is 15.5. The Labute approximate surface area is 333 Å². The summed E-state index contributed by atoms with van der Waals surface area (Å²) in [4.78, 5) is 14.1. The van der Waals surface area contributed by atoms with Gasteiger partial charge in [0.05, 0.1) is 70.6 Å². The molecule has 13 heteroatoms. The summed E-state index contributed by atoms with van der Waals surface area (Å²) in [6.07, 6.45) is 2.88. The fourth-order valence-corrected chi connectivity index (χ4v) is 12.2. The number of carbonyl (C=O) groups excluding carboxylic acids is 1. The van der Waals surface area contributed by atoms with E-state index >= 15 is 0 Å². The molecule has 0 amide bonds. The van der Waals surface area contributed by atoms with Gasteiger partial charge in [0.1, 0.15) is 30.2 Å². The molecular formula is C41H62INO11. The summed E-state index contributed by atoms with van der Waals surface area (Å²) < 4.78 is 53.6. The highest BCUT2D eigenvalue weighted by atomic mass is 127. The minimum absolute atomic E-state index is 0.0198. The molecule has 1 unspecified atom stereocenters. The van der Waals surface area contributed by atoms with Crippen LogP contribution in [0.3, 0.4) is 0 Å². The van der Waals surface area contributed by atoms with E-state index in [2.05, 4.69) is 49.6 Å². The van der Waals surface area contributed by atoms with Crippen molar-refractivity contribution in [2.24, 2.45) is 17.6 Å². The van der Waals surface area contributed by atoms with Crippen LogP contribution >= 0.6 is 22.6 Å². The van der Waals surface area contributed by atoms with Crippen LogP contribution in [0.5, 0.6) is 0 Å². The van der Waals surface area contributed by atoms with Gasteiger partial charge >= 0.3 is 0 Å². The summed E-state index contributed by atoms with van der Waals surface area (Å²) in [6, 6.07) is 0. The van der Waals surface area contributed by atoms with Crippen LogP contribution in [0.2, 0.25) is 0 Å². The van der Waals surface area contributed by atoms with E-state index in [4.69, 9.17) is 43.6 Å². The van der Waals surface area contributed by atoms with Gasteiger partial charge in [-0.3, -0.25) is 4.79 Å². The van der Waals surface area contributed by atoms with Gasteiger partial charge in [-0.25, -0.2) is 0 Å². The highest BCUT2D eigenvalue weighted by molar-refractivity contribution is 14.1. The normalized spacial score (nSPS) is 51.7. The van der Waals surface area contributed by atoms with Crippen molar-refractivity contribution < 1.29 is 52.9 Å². The standard InChI is InChI=1S/C41H62INO11/c1-20-12-25-6-7-30-21(2)13-26(48-30)9-11-41-18-29(46)36(53-41)37-34(42)38(54-41)39-40(4,52-37)10-8-27(50-39)14-23(44)15-28-32(17-31(49-25)22(20)3)51-33(35(28)47-5)16-24(45)19-43/h20,24-39,45-46H,2-3,6-19,43H2,1,4-5H3/t20-,24+,25+,26+,27-,28+,29-,30+,31-,32+,33-,34-,35-,36?,37-,38-,39-,40+,41+/m1/s1. The molecule has 0 radical (unpaired) electrons. The molecule has 0 aromatic carbocycles. The van der Waals surface area contributed by atoms with Crippen LogP contribution in [0.15, 0.2) is 24.3 Å². The predicted octanol–water partition coefficient (Wildman–Crippen LogP) is 4.23. The van der Waals surface area contributed by atoms with Crippen molar-refractivity contribution in [3.05, 3.63) is 24.3 Å². The molecule has 12 nitrogen and oxygen atoms in total. The van der Waals surface area contributed by atoms with Crippen molar-refractivity contribution in [3.8, 4) is 0 Å². The van der Waals surface area contributed by atoms with Crippen molar-refractivity contribution in [1.82, 2.24) is 0 Å². The smallest absolute Gasteiger partial charge is 0.172 e. The lowest BCUT2D eigenvalue weighted by Crippen LogP contribution is -2.68. The molecule has 8 rings (SSSR count). The van der Waals surface area contributed by atoms with Gasteiger partial charge in [0.2, 0.25) is 0 Å². The first-order valence-corrected chi connectivity index (χ1v) is 21.8. The zero-order valence-corrected chi connectivity index (χ0v) is 34.3. The topological polar surface area (TPSA) is 157 Å². The number of alkyl halides is 1. The van der Waals surface area contributed by atoms with Crippen LogP contribution in [-0.4, -0.2) is 130 Å². The van der Waals surface area contributed by atoms with E-state index in [1.807, 2.05) is 0 Å². The molecule has 8 aliphatic rings. The Morgan fingerprint density at radius 1 is 0.926 bits per heavy atom. The van der Waals surface area contributed by atoms with E-state index in [-0.39, 0.29) is 89.8 Å². The van der Waals surface area contributed by atoms with Gasteiger partial charge in [-0.15, -0.1) is 0 Å². The van der Waals surface area contributed by atoms with Crippen molar-refractivity contribution in [1.29, 1.82) is 0 Å². The van der Waals surface area contributed by atoms with E-state index in [9.17, 15) is 15.0 Å². The highest BCUT2D eigenvalue weighted by Gasteiger charge is 2.65. The second-order valence-electron chi connectivity index (χ2n) is 18.0. The number of aliphatic hydroxyl groups excluding tert-OH is 2. The van der Waals surface area contributed by atoms with E-state index < -0.39 is 48.0 Å². The maximum Gasteiger partial charge on any atom is 0.172 e. The maximum atomic E-state index is 14.1. The quantitative estimate of drug-likeness (QED) is 0.210. The number of ketones is 1. The first-order valence-electron chi connectivity index (χ1n) is 20.5. The van der Waals surface area contributed by atoms with E-state index in [1.165, 1.54) is 0 Å². The molecule has 4 N–H and O–H groups in total. The van der Waals surface area contributed by atoms with Crippen LogP contribution in [0.4, 0.5) is 0 Å². The fraction of sp³-hybridized carbons (Fsp3) is 0.878. The number of nitrogens with two attached hydrogens (primary N) is 1. The predicted molar refractivity (Wildman–Crippen MR) is 206 cm³/mol. The van der Waals surface area contributed by atoms with Gasteiger partial charge in [0, 0.05) is 58.1 Å². The monoisotopic (exact) mass is 871 g/mol. The van der Waals surface area contributed by atoms with E-state index in [1.54, 1.807) is 7.11 Å². The SMILES string of the molecule is C=C1C[C@@H]2CC[C@]34C[C@@H](O)C(O3)[C@@H]3O[C@@]5(C)CC[C@H](CC(=O)C[C@@H]6[C@@H](OC)[C@@H](C[C@H](O)CN)O[C@H]6C[C@H]6O[C@@H](CC[C@@H]1O2)C[C@@H](C)C6=C)O[C@@H]5[C@H](O4)[C@@H]3I. The third kappa shape index (κ3) is 7.69. The molecule has 0 aliphatic carbocycles. The Hall–Kier alpha value is -0.560. The minimum atomic E-state index is -0.989. The molecule has 54 heavy (non-hydrogen) atoms. The number of hydrogen-bond donors (Lipinski definition) is 3. The molecule has 0 aromatic rings. The van der Waals surface area contributed by atoms with Crippen molar-refractivity contribution in [2.45, 2.75) is 198 Å². The molecule has 1 spiro atoms. The Morgan fingerprint density at radius 2 is 1.67 bits per heavy atom. The van der Waals surface area contributed by atoms with E-state index in [0.29, 0.717) is 44.9 Å². The lowest BCUT2D eigenvalue weighted by molar-refractivity contribution is -0.296. The van der Waals surface area contributed by atoms with Crippen LogP contribution in [0.1, 0.15) is 97.3 Å². The second kappa shape index (κ2) is 15.9. The summed E-state index contributed by atoms with van der Waals surface area (Å²) >= 11 is 2.39. The van der Waals surface area contributed by atoms with Crippen LogP contribution in [-0.2, 0) is 42.7 Å². The summed E-state index contributed by atoms with van der Waals surface area (Å²) in [7, 11) is 1.65. The van der Waals surface area contributed by atoms with E-state index in [0.717, 1.165) is 36.8 Å². The molecule has 0 saturated carbocycles. The number of methoxy groups -OCH3 is 1. The Kier molecular flexibility index (Phi) is 11.8. The first kappa shape index (κ1) is 40.2. The number of halogens is 1. The molecule has 8 aliphatic heterocycles. The van der Waals surface area contributed by atoms with Crippen molar-refractivity contribution in [2.75, 3.05) is 13.7 Å². The van der Waals surface area contributed by atoms with Gasteiger partial charge in [0.15, 0.2) is 5.79 Å². The molecule has 304 valence electrons. The number of hydrogen-bond acceptors (Lipinski definition) is 12. The molecular weight excluding hydrogens is 809 g/mol. The highest BCUT2D eigenvalue weighted by Crippen LogP contribution is 2.53. The molecule has 8 heterocycles. The maximum absolute atomic E-state index is 14.1. The van der Waals surface area contributed by atoms with Gasteiger partial charge in [-0.2, -0.15) is 0 Å². The fourth-order valence-electron chi connectivity index (χ4n) is 11.1. The van der Waals surface area contributed by atoms with Gasteiger partial charge in [0.25, 0.3) is 0 Å². The number of ether oxygens (including phenoxy) is 8. The number of fused-ring (bicyclic) bond motifs is 9. The summed E-state index contributed by atoms with van der Waals surface area (Å²) in [6.45, 7) is 13.3. The second-order valence-corrected chi connectivity index (χ2v) is 19.4. The minimum Gasteiger partial charge on any atom is -0.392 e. The Balaban J connectivity index is 1.09. The average molecular weight is 872 g/mol. The third-order valence-electron chi connectivity index (χ3n) is 14.1. The lowest BCUT2D eigenvalue weighted by Gasteiger charge is -2.55. The van der Waals surface area contributed by atoms with Crippen molar-refractivity contribution in [3.63, 3.8) is 0 Å². The Bertz CT molecular complexity index is 1420. The summed E-state index contributed by atoms with van der Waals surface area (Å²) in [5, 5.41) is 21.9. The number of rotatable bonds is 4. The summed E-state index contributed by atoms with van der Waals surface area (Å²) in [5.41, 5.74) is 7.31. The van der Waals surface area contributed by atoms with Gasteiger partial charge in [-0.05, 0) is 68.9 Å². The molecule has 8 fully saturated rings. The zero-order valence-electron chi connectivity index (χ0n) is 32.2. The number of aliphatic hydroxyl groups is 2. The van der Waals surface area contributed by atoms with Gasteiger partial charge in [-0.1, -0.05) is 42.7 Å². The largest absolute Gasteiger partial charge is 0.392 e. The van der Waals surface area contributed by atoms with Gasteiger partial charge < -0.3 is 53.8 Å². The molecule has 8 saturated heterocycles. The molecule has 19 atom stereocenters. The van der Waals surface area contributed by atoms with Crippen LogP contribution in [0, 0.1) is 11.8 Å². The summed E-state index contributed by atoms with van der Waals surface area (Å²) in [5.74, 6) is -0.887. The average Bonchev–Trinajstić information content (AvgIpc) is 3.75. The molecule has 0 aromatic heterocycles. The molecule has 10 bridgehead atoms.